The van der Waals surface area contributed by atoms with Crippen molar-refractivity contribution in [3.63, 3.8) is 0 Å². The van der Waals surface area contributed by atoms with Crippen LogP contribution in [0.5, 0.6) is 0 Å². The summed E-state index contributed by atoms with van der Waals surface area (Å²) in [6.07, 6.45) is 3.59. The largest absolute Gasteiger partial charge is 0.478 e. The molecule has 1 aromatic heterocycles. The molecule has 0 spiro atoms. The molecule has 22 heavy (non-hydrogen) atoms. The lowest BCUT2D eigenvalue weighted by Gasteiger charge is -1.91. The van der Waals surface area contributed by atoms with Gasteiger partial charge in [-0.2, -0.15) is 0 Å². The molecule has 1 aromatic rings. The lowest BCUT2D eigenvalue weighted by molar-refractivity contribution is -0.136. The van der Waals surface area contributed by atoms with Crippen molar-refractivity contribution in [2.45, 2.75) is 20.8 Å². The Bertz CT molecular complexity index is 518. The van der Waals surface area contributed by atoms with Crippen LogP contribution in [0.25, 0.3) is 6.08 Å². The van der Waals surface area contributed by atoms with Gasteiger partial charge in [-0.1, -0.05) is 31.9 Å². The second-order valence-corrected chi connectivity index (χ2v) is 4.29. The van der Waals surface area contributed by atoms with E-state index < -0.39 is 5.97 Å². The molecule has 1 rings (SSSR count). The van der Waals surface area contributed by atoms with Gasteiger partial charge in [0.15, 0.2) is 0 Å². The zero-order valence-electron chi connectivity index (χ0n) is 13.5. The van der Waals surface area contributed by atoms with Gasteiger partial charge >= 0.3 is 11.9 Å². The average Bonchev–Trinajstić information content (AvgIpc) is 2.48. The predicted octanol–water partition coefficient (Wildman–Crippen LogP) is 3.42. The summed E-state index contributed by atoms with van der Waals surface area (Å²) in [5, 5.41) is 7.89. The number of methoxy groups -OCH3 is 1. The van der Waals surface area contributed by atoms with Crippen molar-refractivity contribution in [3.05, 3.63) is 60.5 Å². The number of aliphatic carboxylic acids is 1. The minimum absolute atomic E-state index is 0.176. The van der Waals surface area contributed by atoms with E-state index in [1.165, 1.54) is 14.0 Å². The summed E-state index contributed by atoms with van der Waals surface area (Å²) in [7, 11) is 1.33. The third kappa shape index (κ3) is 12.3. The van der Waals surface area contributed by atoms with Crippen molar-refractivity contribution in [2.75, 3.05) is 7.11 Å². The van der Waals surface area contributed by atoms with Crippen molar-refractivity contribution in [2.24, 2.45) is 0 Å². The number of esters is 1. The molecule has 1 heterocycles. The Kier molecular flexibility index (Phi) is 11.9. The van der Waals surface area contributed by atoms with Gasteiger partial charge in [0, 0.05) is 23.0 Å². The fourth-order valence-electron chi connectivity index (χ4n) is 0.774. The van der Waals surface area contributed by atoms with Crippen LogP contribution in [0.3, 0.4) is 0 Å². The summed E-state index contributed by atoms with van der Waals surface area (Å²) in [4.78, 5) is 23.9. The first kappa shape index (κ1) is 21.6. The number of carbonyl (C=O) groups is 2. The SMILES string of the molecule is C=C(C)C(=O)O.C=C(C)C(=O)OC.C=Cc1ccc(C)nc1. The summed E-state index contributed by atoms with van der Waals surface area (Å²) in [6.45, 7) is 15.1. The first-order chi connectivity index (χ1) is 10.1. The maximum absolute atomic E-state index is 10.2. The number of nitrogens with zero attached hydrogens (tertiary/aromatic N) is 1. The lowest BCUT2D eigenvalue weighted by atomic mass is 10.2. The maximum Gasteiger partial charge on any atom is 0.332 e. The van der Waals surface area contributed by atoms with Crippen molar-refractivity contribution >= 4 is 18.0 Å². The van der Waals surface area contributed by atoms with Crippen molar-refractivity contribution in [3.8, 4) is 0 Å². The molecule has 0 aliphatic heterocycles. The minimum Gasteiger partial charge on any atom is -0.478 e. The molecule has 0 fully saturated rings. The van der Waals surface area contributed by atoms with Crippen molar-refractivity contribution in [1.82, 2.24) is 4.98 Å². The molecule has 5 nitrogen and oxygen atoms in total. The molecule has 5 heteroatoms. The maximum atomic E-state index is 10.2. The Morgan fingerprint density at radius 1 is 1.23 bits per heavy atom. The second-order valence-electron chi connectivity index (χ2n) is 4.29. The van der Waals surface area contributed by atoms with E-state index in [9.17, 15) is 9.59 Å². The Labute approximate surface area is 131 Å². The molecule has 0 aliphatic carbocycles. The smallest absolute Gasteiger partial charge is 0.332 e. The third-order valence-electron chi connectivity index (χ3n) is 2.07. The number of pyridine rings is 1. The Morgan fingerprint density at radius 3 is 1.91 bits per heavy atom. The van der Waals surface area contributed by atoms with E-state index in [1.807, 2.05) is 25.3 Å². The molecular formula is C17H23NO4. The van der Waals surface area contributed by atoms with E-state index in [4.69, 9.17) is 5.11 Å². The molecule has 120 valence electrons. The average molecular weight is 305 g/mol. The van der Waals surface area contributed by atoms with E-state index in [2.05, 4.69) is 29.5 Å². The fourth-order valence-corrected chi connectivity index (χ4v) is 0.774. The molecule has 1 N–H and O–H groups in total. The summed E-state index contributed by atoms with van der Waals surface area (Å²) in [6, 6.07) is 3.96. The van der Waals surface area contributed by atoms with Crippen LogP contribution < -0.4 is 0 Å². The molecule has 0 aliphatic rings. The molecule has 0 radical (unpaired) electrons. The van der Waals surface area contributed by atoms with Gasteiger partial charge in [0.05, 0.1) is 7.11 Å². The van der Waals surface area contributed by atoms with Gasteiger partial charge < -0.3 is 9.84 Å². The van der Waals surface area contributed by atoms with E-state index in [-0.39, 0.29) is 11.5 Å². The number of aromatic nitrogens is 1. The topological polar surface area (TPSA) is 76.5 Å². The zero-order chi connectivity index (χ0) is 17.7. The van der Waals surface area contributed by atoms with Crippen molar-refractivity contribution in [1.29, 1.82) is 0 Å². The molecule has 0 unspecified atom stereocenters. The predicted molar refractivity (Wildman–Crippen MR) is 88.3 cm³/mol. The van der Waals surface area contributed by atoms with Crippen LogP contribution in [0, 0.1) is 6.92 Å². The molecule has 0 bridgehead atoms. The van der Waals surface area contributed by atoms with Crippen LogP contribution in [-0.2, 0) is 14.3 Å². The van der Waals surface area contributed by atoms with Crippen LogP contribution in [0.1, 0.15) is 25.1 Å². The lowest BCUT2D eigenvalue weighted by Crippen LogP contribution is -1.98. The highest BCUT2D eigenvalue weighted by molar-refractivity contribution is 5.86. The minimum atomic E-state index is -0.935. The van der Waals surface area contributed by atoms with Gasteiger partial charge in [0.2, 0.25) is 0 Å². The first-order valence-corrected chi connectivity index (χ1v) is 6.33. The van der Waals surface area contributed by atoms with Gasteiger partial charge in [-0.3, -0.25) is 4.98 Å². The van der Waals surface area contributed by atoms with E-state index in [0.717, 1.165) is 11.3 Å². The Morgan fingerprint density at radius 2 is 1.73 bits per heavy atom. The summed E-state index contributed by atoms with van der Waals surface area (Å²) in [5.41, 5.74) is 2.72. The van der Waals surface area contributed by atoms with Gasteiger partial charge in [-0.25, -0.2) is 9.59 Å². The molecule has 0 saturated heterocycles. The quantitative estimate of drug-likeness (QED) is 0.684. The number of hydrogen-bond donors (Lipinski definition) is 1. The monoisotopic (exact) mass is 305 g/mol. The van der Waals surface area contributed by atoms with Crippen molar-refractivity contribution < 1.29 is 19.4 Å². The molecular weight excluding hydrogens is 282 g/mol. The van der Waals surface area contributed by atoms with Crippen LogP contribution in [-0.4, -0.2) is 29.1 Å². The number of rotatable bonds is 3. The Balaban J connectivity index is 0. The van der Waals surface area contributed by atoms with E-state index in [1.54, 1.807) is 13.0 Å². The number of carboxylic acids is 1. The number of hydrogen-bond acceptors (Lipinski definition) is 4. The highest BCUT2D eigenvalue weighted by Gasteiger charge is 1.95. The molecule has 0 amide bonds. The normalized spacial score (nSPS) is 8.18. The highest BCUT2D eigenvalue weighted by Crippen LogP contribution is 1.98. The van der Waals surface area contributed by atoms with Gasteiger partial charge in [-0.15, -0.1) is 0 Å². The summed E-state index contributed by atoms with van der Waals surface area (Å²) in [5.74, 6) is -1.28. The first-order valence-electron chi connectivity index (χ1n) is 6.33. The Hall–Kier alpha value is -2.69. The number of carboxylic acid groups (broad SMARTS) is 1. The van der Waals surface area contributed by atoms with Gasteiger partial charge in [-0.05, 0) is 32.4 Å². The highest BCUT2D eigenvalue weighted by atomic mass is 16.5. The van der Waals surface area contributed by atoms with Crippen LogP contribution >= 0.6 is 0 Å². The van der Waals surface area contributed by atoms with Crippen LogP contribution in [0.4, 0.5) is 0 Å². The number of ether oxygens (including phenoxy) is 1. The third-order valence-corrected chi connectivity index (χ3v) is 2.07. The second kappa shape index (κ2) is 12.1. The van der Waals surface area contributed by atoms with E-state index >= 15 is 0 Å². The summed E-state index contributed by atoms with van der Waals surface area (Å²) >= 11 is 0. The molecule has 0 aromatic carbocycles. The zero-order valence-corrected chi connectivity index (χ0v) is 13.5. The number of aryl methyl sites for hydroxylation is 1. The van der Waals surface area contributed by atoms with Gasteiger partial charge in [0.25, 0.3) is 0 Å². The fraction of sp³-hybridized carbons (Fsp3) is 0.235. The van der Waals surface area contributed by atoms with Crippen LogP contribution in [0.2, 0.25) is 0 Å². The van der Waals surface area contributed by atoms with Gasteiger partial charge in [0.1, 0.15) is 0 Å². The summed E-state index contributed by atoms with van der Waals surface area (Å²) < 4.78 is 4.27. The molecule has 0 saturated carbocycles. The standard InChI is InChI=1S/C8H9N.C5H8O2.C4H6O2/c1-3-8-5-4-7(2)9-6-8;1-4(2)5(6)7-3;1-3(2)4(5)6/h3-6H,1H2,2H3;1H2,2-3H3;1H2,2H3,(H,5,6). The number of carbonyl (C=O) groups excluding carboxylic acids is 1. The van der Waals surface area contributed by atoms with E-state index in [0.29, 0.717) is 5.57 Å². The van der Waals surface area contributed by atoms with Crippen LogP contribution in [0.15, 0.2) is 49.2 Å². The molecule has 0 atom stereocenters.